The van der Waals surface area contributed by atoms with E-state index in [-0.39, 0.29) is 36.4 Å². The number of hydrogen-bond donors (Lipinski definition) is 1. The summed E-state index contributed by atoms with van der Waals surface area (Å²) in [5.74, 6) is -7.74. The summed E-state index contributed by atoms with van der Waals surface area (Å²) < 4.78 is 113. The highest BCUT2D eigenvalue weighted by molar-refractivity contribution is 6.10. The van der Waals surface area contributed by atoms with Crippen LogP contribution in [0.15, 0.2) is 54.6 Å². The highest BCUT2D eigenvalue weighted by Crippen LogP contribution is 2.35. The molecule has 8 nitrogen and oxygen atoms in total. The molecule has 3 aromatic rings. The molecule has 3 aromatic carbocycles. The summed E-state index contributed by atoms with van der Waals surface area (Å²) in [6.45, 7) is -1.30. The molecule has 2 aliphatic heterocycles. The Labute approximate surface area is 242 Å². The zero-order chi connectivity index (χ0) is 32.0. The van der Waals surface area contributed by atoms with Gasteiger partial charge in [-0.1, -0.05) is 18.2 Å². The number of piperazine rings is 1. The maximum Gasteiger partial charge on any atom is 0.573 e. The molecule has 0 bridgehead atoms. The van der Waals surface area contributed by atoms with Crippen molar-refractivity contribution in [3.63, 3.8) is 0 Å². The minimum Gasteiger partial charge on any atom is -0.484 e. The van der Waals surface area contributed by atoms with Crippen molar-refractivity contribution in [3.05, 3.63) is 77.4 Å². The van der Waals surface area contributed by atoms with Gasteiger partial charge in [0.15, 0.2) is 18.2 Å². The molecule has 16 heteroatoms. The SMILES string of the molecule is O=C1Nc2ccc(-c3cccc(C(F)(F)F)c3)cc2C(=O)N2CCN(C(=O)COc3cc(F)c(OC(F)(F)F)c(F)c3)CC12. The molecule has 2 aliphatic rings. The van der Waals surface area contributed by atoms with Gasteiger partial charge >= 0.3 is 12.5 Å². The van der Waals surface area contributed by atoms with Crippen molar-refractivity contribution in [2.45, 2.75) is 18.6 Å². The fourth-order valence-electron chi connectivity index (χ4n) is 4.80. The van der Waals surface area contributed by atoms with Crippen molar-refractivity contribution >= 4 is 23.4 Å². The number of halogens is 8. The predicted molar refractivity (Wildman–Crippen MR) is 135 cm³/mol. The Balaban J connectivity index is 1.28. The monoisotopic (exact) mass is 629 g/mol. The number of benzene rings is 3. The average molecular weight is 629 g/mol. The number of nitrogens with zero attached hydrogens (tertiary/aromatic N) is 2. The molecule has 0 spiro atoms. The lowest BCUT2D eigenvalue weighted by molar-refractivity contribution is -0.276. The van der Waals surface area contributed by atoms with E-state index in [1.807, 2.05) is 0 Å². The first-order valence-electron chi connectivity index (χ1n) is 12.7. The second-order valence-electron chi connectivity index (χ2n) is 9.73. The summed E-state index contributed by atoms with van der Waals surface area (Å²) in [6, 6.07) is 8.36. The number of nitrogens with one attached hydrogen (secondary N) is 1. The van der Waals surface area contributed by atoms with Crippen LogP contribution in [0.3, 0.4) is 0 Å². The summed E-state index contributed by atoms with van der Waals surface area (Å²) in [6.07, 6.45) is -9.93. The number of carbonyl (C=O) groups excluding carboxylic acids is 3. The highest BCUT2D eigenvalue weighted by Gasteiger charge is 2.41. The van der Waals surface area contributed by atoms with E-state index in [0.717, 1.165) is 17.0 Å². The quantitative estimate of drug-likeness (QED) is 0.391. The van der Waals surface area contributed by atoms with Gasteiger partial charge in [-0.25, -0.2) is 8.78 Å². The van der Waals surface area contributed by atoms with Crippen molar-refractivity contribution in [1.82, 2.24) is 9.80 Å². The second kappa shape index (κ2) is 11.3. The van der Waals surface area contributed by atoms with E-state index in [9.17, 15) is 49.5 Å². The first-order chi connectivity index (χ1) is 20.6. The van der Waals surface area contributed by atoms with Crippen LogP contribution in [0.25, 0.3) is 11.1 Å². The Kier molecular flexibility index (Phi) is 7.86. The molecule has 1 saturated heterocycles. The maximum absolute atomic E-state index is 14.0. The van der Waals surface area contributed by atoms with Gasteiger partial charge in [0.05, 0.1) is 23.4 Å². The van der Waals surface area contributed by atoms with Gasteiger partial charge in [-0.2, -0.15) is 13.2 Å². The molecule has 1 unspecified atom stereocenters. The smallest absolute Gasteiger partial charge is 0.484 e. The third-order valence-electron chi connectivity index (χ3n) is 6.88. The Morgan fingerprint density at radius 3 is 2.25 bits per heavy atom. The van der Waals surface area contributed by atoms with Crippen molar-refractivity contribution < 1.29 is 59.0 Å². The number of ether oxygens (including phenoxy) is 2. The predicted octanol–water partition coefficient (Wildman–Crippen LogP) is 5.23. The lowest BCUT2D eigenvalue weighted by atomic mass is 9.99. The van der Waals surface area contributed by atoms with E-state index in [1.165, 1.54) is 35.2 Å². The van der Waals surface area contributed by atoms with Gasteiger partial charge in [0.2, 0.25) is 11.7 Å². The summed E-state index contributed by atoms with van der Waals surface area (Å²) >= 11 is 0. The molecule has 2 heterocycles. The van der Waals surface area contributed by atoms with Crippen LogP contribution >= 0.6 is 0 Å². The zero-order valence-corrected chi connectivity index (χ0v) is 22.1. The number of amides is 3. The van der Waals surface area contributed by atoms with Crippen LogP contribution in [0.2, 0.25) is 0 Å². The first kappa shape index (κ1) is 30.6. The maximum atomic E-state index is 14.0. The standard InChI is InChI=1S/C28H19F8N3O5/c29-19-10-17(11-20(30)24(19)44-28(34,35)36)43-13-23(40)38-6-7-39-22(12-38)25(41)37-21-5-4-15(9-18(21)26(39)42)14-2-1-3-16(8-14)27(31,32)33/h1-5,8-11,22H,6-7,12-13H2,(H,37,41). The molecule has 1 fully saturated rings. The van der Waals surface area contributed by atoms with Crippen LogP contribution in [-0.4, -0.2) is 66.2 Å². The largest absolute Gasteiger partial charge is 0.573 e. The normalized spacial score (nSPS) is 17.0. The molecule has 1 N–H and O–H groups in total. The molecule has 0 saturated carbocycles. The summed E-state index contributed by atoms with van der Waals surface area (Å²) in [4.78, 5) is 41.7. The van der Waals surface area contributed by atoms with Crippen molar-refractivity contribution in [2.75, 3.05) is 31.6 Å². The zero-order valence-electron chi connectivity index (χ0n) is 22.1. The van der Waals surface area contributed by atoms with Crippen LogP contribution in [-0.2, 0) is 15.8 Å². The lowest BCUT2D eigenvalue weighted by Crippen LogP contribution is -2.60. The fourth-order valence-corrected chi connectivity index (χ4v) is 4.80. The van der Waals surface area contributed by atoms with Crippen molar-refractivity contribution in [1.29, 1.82) is 0 Å². The third-order valence-corrected chi connectivity index (χ3v) is 6.88. The minimum atomic E-state index is -5.35. The molecule has 44 heavy (non-hydrogen) atoms. The Morgan fingerprint density at radius 2 is 1.59 bits per heavy atom. The molecule has 0 aromatic heterocycles. The lowest BCUT2D eigenvalue weighted by Gasteiger charge is -2.39. The van der Waals surface area contributed by atoms with E-state index in [2.05, 4.69) is 10.1 Å². The van der Waals surface area contributed by atoms with E-state index >= 15 is 0 Å². The molecule has 232 valence electrons. The fraction of sp³-hybridized carbons (Fsp3) is 0.250. The number of carbonyl (C=O) groups is 3. The highest BCUT2D eigenvalue weighted by atomic mass is 19.4. The van der Waals surface area contributed by atoms with Crippen LogP contribution in [0.5, 0.6) is 11.5 Å². The number of anilines is 1. The van der Waals surface area contributed by atoms with E-state index in [4.69, 9.17) is 4.74 Å². The first-order valence-corrected chi connectivity index (χ1v) is 12.7. The second-order valence-corrected chi connectivity index (χ2v) is 9.73. The molecule has 0 radical (unpaired) electrons. The van der Waals surface area contributed by atoms with Gasteiger partial charge < -0.3 is 24.6 Å². The summed E-state index contributed by atoms with van der Waals surface area (Å²) in [5.41, 5.74) is -0.237. The number of rotatable bonds is 5. The number of alkyl halides is 6. The van der Waals surface area contributed by atoms with Gasteiger partial charge in [-0.05, 0) is 35.4 Å². The van der Waals surface area contributed by atoms with Crippen LogP contribution < -0.4 is 14.8 Å². The molecule has 3 amide bonds. The van der Waals surface area contributed by atoms with E-state index in [0.29, 0.717) is 17.7 Å². The van der Waals surface area contributed by atoms with Crippen LogP contribution in [0.1, 0.15) is 15.9 Å². The average Bonchev–Trinajstić information content (AvgIpc) is 3.06. The minimum absolute atomic E-state index is 0.0286. The number of fused-ring (bicyclic) bond motifs is 2. The number of hydrogen-bond acceptors (Lipinski definition) is 5. The van der Waals surface area contributed by atoms with Crippen LogP contribution in [0, 0.1) is 11.6 Å². The Morgan fingerprint density at radius 1 is 0.909 bits per heavy atom. The Bertz CT molecular complexity index is 1620. The molecular formula is C28H19F8N3O5. The Hall–Kier alpha value is -4.89. The van der Waals surface area contributed by atoms with Crippen LogP contribution in [0.4, 0.5) is 40.8 Å². The third kappa shape index (κ3) is 6.38. The van der Waals surface area contributed by atoms with E-state index in [1.54, 1.807) is 0 Å². The van der Waals surface area contributed by atoms with Gasteiger partial charge in [-0.3, -0.25) is 14.4 Å². The van der Waals surface area contributed by atoms with Gasteiger partial charge in [0.1, 0.15) is 11.8 Å². The van der Waals surface area contributed by atoms with Crippen molar-refractivity contribution in [2.24, 2.45) is 0 Å². The van der Waals surface area contributed by atoms with Crippen molar-refractivity contribution in [3.8, 4) is 22.6 Å². The van der Waals surface area contributed by atoms with E-state index < -0.39 is 71.6 Å². The molecule has 5 rings (SSSR count). The summed E-state index contributed by atoms with van der Waals surface area (Å²) in [7, 11) is 0. The summed E-state index contributed by atoms with van der Waals surface area (Å²) in [5, 5.41) is 2.59. The van der Waals surface area contributed by atoms with Gasteiger partial charge in [0, 0.05) is 25.2 Å². The molecule has 1 atom stereocenters. The molecular weight excluding hydrogens is 610 g/mol. The van der Waals surface area contributed by atoms with Gasteiger partial charge in [-0.15, -0.1) is 13.2 Å². The topological polar surface area (TPSA) is 88.2 Å². The van der Waals surface area contributed by atoms with Gasteiger partial charge in [0.25, 0.3) is 11.8 Å². The molecule has 0 aliphatic carbocycles.